The van der Waals surface area contributed by atoms with E-state index in [1.807, 2.05) is 96.1 Å². The number of hydrogen-bond acceptors (Lipinski definition) is 7. The minimum Gasteiger partial charge on any atom is -0.416 e. The van der Waals surface area contributed by atoms with Gasteiger partial charge in [-0.3, -0.25) is 0 Å². The summed E-state index contributed by atoms with van der Waals surface area (Å²) in [6, 6.07) is 29.5. The van der Waals surface area contributed by atoms with Crippen molar-refractivity contribution in [2.75, 3.05) is 6.66 Å². The lowest BCUT2D eigenvalue weighted by Crippen LogP contribution is -2.10. The van der Waals surface area contributed by atoms with Crippen LogP contribution >= 0.6 is 15.4 Å². The lowest BCUT2D eigenvalue weighted by molar-refractivity contribution is 0.295. The first kappa shape index (κ1) is 37.4. The molecule has 0 aromatic heterocycles. The summed E-state index contributed by atoms with van der Waals surface area (Å²) in [7, 11) is -7.87. The molecule has 0 saturated carbocycles. The molecule has 0 bridgehead atoms. The maximum Gasteiger partial charge on any atom is 0.647 e. The highest BCUT2D eigenvalue weighted by atomic mass is 31.2. The molecule has 9 heteroatoms. The standard InChI is InChI=1S/C31H34O7P2.C9H12/c1-21-12-8-13-22(2)29(21)36-39(7,32)34-27-18-11-19-28(20-27)35-40(33,37-30-23(3)14-9-15-24(30)4)38-31-25(5)16-10-17-26(31)6;1-7-5-4-6-8(2)9(7)3/h8-20H,1-7H3;4-6H,1-3H3. The van der Waals surface area contributed by atoms with Gasteiger partial charge < -0.3 is 22.6 Å². The fourth-order valence-electron chi connectivity index (χ4n) is 5.10. The molecule has 5 aromatic rings. The molecule has 7 nitrogen and oxygen atoms in total. The number of phosphoric acid groups is 1. The maximum atomic E-state index is 14.3. The van der Waals surface area contributed by atoms with Crippen LogP contribution in [-0.2, 0) is 9.13 Å². The SMILES string of the molecule is Cc1cccc(C)c1C.Cc1cccc(C)c1OP(C)(=O)Oc1cccc(OP(=O)(Oc2c(C)cccc2C)Oc2c(C)cccc2C)c1. The molecule has 49 heavy (non-hydrogen) atoms. The van der Waals surface area contributed by atoms with Gasteiger partial charge in [0.2, 0.25) is 0 Å². The molecule has 5 aromatic carbocycles. The Hall–Kier alpha value is -4.44. The van der Waals surface area contributed by atoms with Gasteiger partial charge >= 0.3 is 15.4 Å². The Morgan fingerprint density at radius 1 is 0.388 bits per heavy atom. The van der Waals surface area contributed by atoms with E-state index in [0.717, 1.165) is 33.4 Å². The van der Waals surface area contributed by atoms with Gasteiger partial charge in [-0.2, -0.15) is 4.57 Å². The summed E-state index contributed by atoms with van der Waals surface area (Å²) in [5.74, 6) is 1.67. The van der Waals surface area contributed by atoms with Crippen LogP contribution in [0.4, 0.5) is 0 Å². The molecule has 0 aliphatic rings. The van der Waals surface area contributed by atoms with Crippen LogP contribution in [0.5, 0.6) is 28.7 Å². The Kier molecular flexibility index (Phi) is 12.1. The van der Waals surface area contributed by atoms with Crippen LogP contribution in [0.15, 0.2) is 97.1 Å². The van der Waals surface area contributed by atoms with E-state index in [1.165, 1.54) is 29.4 Å². The van der Waals surface area contributed by atoms with E-state index in [0.29, 0.717) is 17.2 Å². The third-order valence-electron chi connectivity index (χ3n) is 8.06. The average molecular weight is 701 g/mol. The normalized spacial score (nSPS) is 12.2. The van der Waals surface area contributed by atoms with E-state index in [9.17, 15) is 9.13 Å². The van der Waals surface area contributed by atoms with Gasteiger partial charge in [0.05, 0.1) is 6.66 Å². The Morgan fingerprint density at radius 3 is 1.06 bits per heavy atom. The van der Waals surface area contributed by atoms with Gasteiger partial charge in [0.15, 0.2) is 0 Å². The Balaban J connectivity index is 0.000000520. The second kappa shape index (κ2) is 15.8. The molecule has 0 N–H and O–H groups in total. The first-order valence-corrected chi connectivity index (χ1v) is 19.5. The largest absolute Gasteiger partial charge is 0.647 e. The Labute approximate surface area is 291 Å². The molecule has 0 saturated heterocycles. The molecule has 0 spiro atoms. The van der Waals surface area contributed by atoms with Gasteiger partial charge in [-0.25, -0.2) is 4.57 Å². The van der Waals surface area contributed by atoms with Gasteiger partial charge in [-0.15, -0.1) is 0 Å². The van der Waals surface area contributed by atoms with Gasteiger partial charge in [0, 0.05) is 6.07 Å². The summed E-state index contributed by atoms with van der Waals surface area (Å²) in [5.41, 5.74) is 8.99. The van der Waals surface area contributed by atoms with Crippen molar-refractivity contribution in [2.24, 2.45) is 0 Å². The van der Waals surface area contributed by atoms with Crippen LogP contribution in [0.25, 0.3) is 0 Å². The zero-order chi connectivity index (χ0) is 35.9. The highest BCUT2D eigenvalue weighted by Crippen LogP contribution is 2.53. The molecule has 0 aliphatic carbocycles. The second-order valence-corrected chi connectivity index (χ2v) is 15.7. The van der Waals surface area contributed by atoms with Crippen LogP contribution in [0.2, 0.25) is 0 Å². The lowest BCUT2D eigenvalue weighted by Gasteiger charge is -2.23. The fraction of sp³-hybridized carbons (Fsp3) is 0.250. The van der Waals surface area contributed by atoms with Crippen LogP contribution < -0.4 is 22.6 Å². The predicted molar refractivity (Wildman–Crippen MR) is 199 cm³/mol. The summed E-state index contributed by atoms with van der Waals surface area (Å²) < 4.78 is 57.1. The fourth-order valence-corrected chi connectivity index (χ4v) is 7.76. The number of aryl methyl sites for hydroxylation is 8. The second-order valence-electron chi connectivity index (χ2n) is 12.3. The minimum absolute atomic E-state index is 0.144. The van der Waals surface area contributed by atoms with Crippen molar-refractivity contribution < 1.29 is 31.7 Å². The zero-order valence-electron chi connectivity index (χ0n) is 30.0. The first-order chi connectivity index (χ1) is 23.1. The van der Waals surface area contributed by atoms with E-state index >= 15 is 0 Å². The molecule has 5 rings (SSSR count). The first-order valence-electron chi connectivity index (χ1n) is 16.0. The van der Waals surface area contributed by atoms with Crippen molar-refractivity contribution in [1.29, 1.82) is 0 Å². The van der Waals surface area contributed by atoms with E-state index < -0.39 is 15.4 Å². The van der Waals surface area contributed by atoms with Crippen molar-refractivity contribution in [1.82, 2.24) is 0 Å². The van der Waals surface area contributed by atoms with Crippen LogP contribution in [0, 0.1) is 62.3 Å². The third kappa shape index (κ3) is 10.0. The van der Waals surface area contributed by atoms with Gasteiger partial charge in [-0.1, -0.05) is 78.9 Å². The zero-order valence-corrected chi connectivity index (χ0v) is 31.8. The maximum absolute atomic E-state index is 14.3. The topological polar surface area (TPSA) is 80.3 Å². The van der Waals surface area contributed by atoms with E-state index in [4.69, 9.17) is 22.6 Å². The Bertz CT molecular complexity index is 1900. The highest BCUT2D eigenvalue weighted by Gasteiger charge is 2.35. The Morgan fingerprint density at radius 2 is 0.694 bits per heavy atom. The molecule has 0 fully saturated rings. The predicted octanol–water partition coefficient (Wildman–Crippen LogP) is 12.1. The van der Waals surface area contributed by atoms with Gasteiger partial charge in [-0.05, 0) is 125 Å². The van der Waals surface area contributed by atoms with E-state index in [2.05, 4.69) is 39.0 Å². The van der Waals surface area contributed by atoms with Crippen molar-refractivity contribution in [3.8, 4) is 28.7 Å². The minimum atomic E-state index is -4.29. The van der Waals surface area contributed by atoms with Crippen molar-refractivity contribution in [3.63, 3.8) is 0 Å². The monoisotopic (exact) mass is 700 g/mol. The molecule has 1 atom stereocenters. The molecule has 258 valence electrons. The molecule has 0 radical (unpaired) electrons. The average Bonchev–Trinajstić information content (AvgIpc) is 3.02. The van der Waals surface area contributed by atoms with Crippen LogP contribution in [-0.4, -0.2) is 6.66 Å². The summed E-state index contributed by atoms with van der Waals surface area (Å²) in [5, 5.41) is 0. The summed E-state index contributed by atoms with van der Waals surface area (Å²) in [6.07, 6.45) is 0. The smallest absolute Gasteiger partial charge is 0.416 e. The van der Waals surface area contributed by atoms with Crippen LogP contribution in [0.3, 0.4) is 0 Å². The highest BCUT2D eigenvalue weighted by molar-refractivity contribution is 7.53. The van der Waals surface area contributed by atoms with Crippen molar-refractivity contribution in [3.05, 3.63) is 147 Å². The van der Waals surface area contributed by atoms with Crippen molar-refractivity contribution in [2.45, 2.75) is 62.3 Å². The van der Waals surface area contributed by atoms with Crippen molar-refractivity contribution >= 4 is 15.4 Å². The quantitative estimate of drug-likeness (QED) is 0.134. The molecular weight excluding hydrogens is 654 g/mol. The molecule has 0 aliphatic heterocycles. The number of benzene rings is 5. The number of phosphoric ester groups is 1. The van der Waals surface area contributed by atoms with Gasteiger partial charge in [0.1, 0.15) is 28.7 Å². The lowest BCUT2D eigenvalue weighted by atomic mass is 10.1. The van der Waals surface area contributed by atoms with Crippen LogP contribution in [0.1, 0.15) is 50.1 Å². The molecule has 1 unspecified atom stereocenters. The van der Waals surface area contributed by atoms with E-state index in [1.54, 1.807) is 18.2 Å². The van der Waals surface area contributed by atoms with Gasteiger partial charge in [0.25, 0.3) is 0 Å². The number of rotatable bonds is 10. The van der Waals surface area contributed by atoms with E-state index in [-0.39, 0.29) is 11.5 Å². The summed E-state index contributed by atoms with van der Waals surface area (Å²) in [6.45, 7) is 19.0. The number of hydrogen-bond donors (Lipinski definition) is 0. The summed E-state index contributed by atoms with van der Waals surface area (Å²) in [4.78, 5) is 0. The molecule has 0 amide bonds. The summed E-state index contributed by atoms with van der Waals surface area (Å²) >= 11 is 0. The molecular formula is C40H46O7P2. The third-order valence-corrected chi connectivity index (χ3v) is 10.4. The molecule has 0 heterocycles. The number of para-hydroxylation sites is 3.